The van der Waals surface area contributed by atoms with Gasteiger partial charge in [0.05, 0.1) is 5.41 Å². The van der Waals surface area contributed by atoms with E-state index < -0.39 is 35.7 Å². The van der Waals surface area contributed by atoms with Gasteiger partial charge in [-0.2, -0.15) is 0 Å². The largest absolute Gasteiger partial charge is 0.454 e. The molecule has 0 spiro atoms. The molecular formula is C12H18O5. The summed E-state index contributed by atoms with van der Waals surface area (Å²) in [6.45, 7) is 6.85. The molecular weight excluding hydrogens is 224 g/mol. The Balaban J connectivity index is 2.79. The Bertz CT molecular complexity index is 339. The third kappa shape index (κ3) is 3.06. The van der Waals surface area contributed by atoms with Crippen molar-refractivity contribution in [3.8, 4) is 0 Å². The first-order valence-corrected chi connectivity index (χ1v) is 5.50. The first-order chi connectivity index (χ1) is 7.77. The van der Waals surface area contributed by atoms with E-state index in [-0.39, 0.29) is 0 Å². The number of allylic oxidation sites excluding steroid dienone is 1. The van der Waals surface area contributed by atoms with Crippen LogP contribution in [0.2, 0.25) is 0 Å². The number of carbonyl (C=O) groups is 2. The molecule has 5 heteroatoms. The van der Waals surface area contributed by atoms with Crippen molar-refractivity contribution in [1.82, 2.24) is 0 Å². The number of aliphatic hydroxyl groups is 1. The van der Waals surface area contributed by atoms with Crippen LogP contribution in [0.1, 0.15) is 27.7 Å². The maximum Gasteiger partial charge on any atom is 0.339 e. The Morgan fingerprint density at radius 3 is 2.53 bits per heavy atom. The van der Waals surface area contributed by atoms with Crippen LogP contribution in [0.3, 0.4) is 0 Å². The first-order valence-electron chi connectivity index (χ1n) is 5.50. The summed E-state index contributed by atoms with van der Waals surface area (Å²) >= 11 is 0. The summed E-state index contributed by atoms with van der Waals surface area (Å²) in [6, 6.07) is 0. The van der Waals surface area contributed by atoms with Crippen LogP contribution in [0.25, 0.3) is 0 Å². The number of carbonyl (C=O) groups excluding carboxylic acids is 2. The fourth-order valence-corrected chi connectivity index (χ4v) is 1.36. The summed E-state index contributed by atoms with van der Waals surface area (Å²) in [6.07, 6.45) is 0.157. The molecule has 17 heavy (non-hydrogen) atoms. The Kier molecular flexibility index (Phi) is 3.93. The van der Waals surface area contributed by atoms with Crippen molar-refractivity contribution in [3.63, 3.8) is 0 Å². The third-order valence-electron chi connectivity index (χ3n) is 2.37. The Labute approximate surface area is 100 Å². The topological polar surface area (TPSA) is 72.8 Å². The van der Waals surface area contributed by atoms with Gasteiger partial charge in [-0.1, -0.05) is 6.08 Å². The lowest BCUT2D eigenvalue weighted by Gasteiger charge is -2.22. The van der Waals surface area contributed by atoms with E-state index in [9.17, 15) is 14.7 Å². The second-order valence-electron chi connectivity index (χ2n) is 4.99. The van der Waals surface area contributed by atoms with E-state index in [4.69, 9.17) is 9.47 Å². The number of hydrogen-bond donors (Lipinski definition) is 1. The zero-order valence-electron chi connectivity index (χ0n) is 10.5. The normalized spacial score (nSPS) is 29.5. The van der Waals surface area contributed by atoms with Crippen LogP contribution in [0.15, 0.2) is 12.2 Å². The van der Waals surface area contributed by atoms with E-state index in [2.05, 4.69) is 0 Å². The van der Waals surface area contributed by atoms with Crippen molar-refractivity contribution in [1.29, 1.82) is 0 Å². The average Bonchev–Trinajstić information content (AvgIpc) is 2.45. The van der Waals surface area contributed by atoms with E-state index in [0.29, 0.717) is 0 Å². The molecule has 0 amide bonds. The molecule has 0 unspecified atom stereocenters. The van der Waals surface area contributed by atoms with E-state index >= 15 is 0 Å². The molecule has 1 saturated heterocycles. The monoisotopic (exact) mass is 242 g/mol. The molecule has 0 aromatic rings. The van der Waals surface area contributed by atoms with Crippen molar-refractivity contribution in [3.05, 3.63) is 12.2 Å². The van der Waals surface area contributed by atoms with Crippen molar-refractivity contribution in [2.24, 2.45) is 5.41 Å². The number of aliphatic hydroxyl groups excluding tert-OH is 1. The fraction of sp³-hybridized carbons (Fsp3) is 0.667. The van der Waals surface area contributed by atoms with Gasteiger partial charge in [-0.25, -0.2) is 4.79 Å². The smallest absolute Gasteiger partial charge is 0.339 e. The van der Waals surface area contributed by atoms with Crippen molar-refractivity contribution in [2.45, 2.75) is 46.0 Å². The van der Waals surface area contributed by atoms with Crippen molar-refractivity contribution < 1.29 is 24.2 Å². The minimum atomic E-state index is -1.41. The van der Waals surface area contributed by atoms with Gasteiger partial charge in [0.15, 0.2) is 18.3 Å². The lowest BCUT2D eigenvalue weighted by atomic mass is 9.97. The molecule has 0 aromatic heterocycles. The molecule has 1 N–H and O–H groups in total. The summed E-state index contributed by atoms with van der Waals surface area (Å²) in [5.41, 5.74) is -0.689. The predicted molar refractivity (Wildman–Crippen MR) is 60.0 cm³/mol. The lowest BCUT2D eigenvalue weighted by molar-refractivity contribution is -0.164. The highest BCUT2D eigenvalue weighted by Crippen LogP contribution is 2.24. The first kappa shape index (κ1) is 13.7. The summed E-state index contributed by atoms with van der Waals surface area (Å²) in [5.74, 6) is -1.24. The molecule has 0 bridgehead atoms. The van der Waals surface area contributed by atoms with Gasteiger partial charge < -0.3 is 14.6 Å². The van der Waals surface area contributed by atoms with Crippen LogP contribution >= 0.6 is 0 Å². The van der Waals surface area contributed by atoms with Crippen LogP contribution in [0.5, 0.6) is 0 Å². The summed E-state index contributed by atoms with van der Waals surface area (Å²) < 4.78 is 10.0. The predicted octanol–water partition coefficient (Wildman–Crippen LogP) is 0.807. The molecule has 0 saturated carbocycles. The highest BCUT2D eigenvalue weighted by atomic mass is 16.6. The zero-order chi connectivity index (χ0) is 13.2. The van der Waals surface area contributed by atoms with Gasteiger partial charge in [0, 0.05) is 0 Å². The Hall–Kier alpha value is -1.36. The molecule has 1 aliphatic heterocycles. The van der Waals surface area contributed by atoms with E-state index in [1.807, 2.05) is 0 Å². The SMILES string of the molecule is C/C=C/[C@H]1OC(=O)[C@H](O)[C@H]1OC(=O)C(C)(C)C. The number of hydrogen-bond acceptors (Lipinski definition) is 5. The van der Waals surface area contributed by atoms with Crippen LogP contribution in [0.4, 0.5) is 0 Å². The standard InChI is InChI=1S/C12H18O5/c1-5-6-7-9(8(13)10(14)16-7)17-11(15)12(2,3)4/h5-9,13H,1-4H3/b6-5+/t7-,8-,9+/m1/s1. The Morgan fingerprint density at radius 1 is 1.47 bits per heavy atom. The number of ether oxygens (including phenoxy) is 2. The molecule has 5 nitrogen and oxygen atoms in total. The molecule has 3 atom stereocenters. The molecule has 0 radical (unpaired) electrons. The second kappa shape index (κ2) is 4.87. The summed E-state index contributed by atoms with van der Waals surface area (Å²) in [7, 11) is 0. The third-order valence-corrected chi connectivity index (χ3v) is 2.37. The summed E-state index contributed by atoms with van der Waals surface area (Å²) in [5, 5.41) is 9.58. The molecule has 96 valence electrons. The second-order valence-corrected chi connectivity index (χ2v) is 4.99. The highest BCUT2D eigenvalue weighted by Gasteiger charge is 2.46. The molecule has 1 aliphatic rings. The zero-order valence-corrected chi connectivity index (χ0v) is 10.5. The van der Waals surface area contributed by atoms with Crippen LogP contribution in [-0.2, 0) is 19.1 Å². The maximum atomic E-state index is 11.7. The van der Waals surface area contributed by atoms with Crippen molar-refractivity contribution >= 4 is 11.9 Å². The average molecular weight is 242 g/mol. The molecule has 1 rings (SSSR count). The van der Waals surface area contributed by atoms with Gasteiger partial charge >= 0.3 is 11.9 Å². The maximum absolute atomic E-state index is 11.7. The van der Waals surface area contributed by atoms with Crippen LogP contribution < -0.4 is 0 Å². The van der Waals surface area contributed by atoms with Gasteiger partial charge in [0.1, 0.15) is 0 Å². The summed E-state index contributed by atoms with van der Waals surface area (Å²) in [4.78, 5) is 22.9. The number of esters is 2. The van der Waals surface area contributed by atoms with E-state index in [1.165, 1.54) is 0 Å². The lowest BCUT2D eigenvalue weighted by Crippen LogP contribution is -2.38. The molecule has 0 aromatic carbocycles. The minimum Gasteiger partial charge on any atom is -0.454 e. The minimum absolute atomic E-state index is 0.477. The van der Waals surface area contributed by atoms with E-state index in [0.717, 1.165) is 0 Å². The van der Waals surface area contributed by atoms with Crippen molar-refractivity contribution in [2.75, 3.05) is 0 Å². The molecule has 0 aliphatic carbocycles. The van der Waals surface area contributed by atoms with Crippen LogP contribution in [0, 0.1) is 5.41 Å². The number of rotatable bonds is 2. The highest BCUT2D eigenvalue weighted by molar-refractivity contribution is 5.80. The number of cyclic esters (lactones) is 1. The van der Waals surface area contributed by atoms with Gasteiger partial charge in [0.25, 0.3) is 0 Å². The fourth-order valence-electron chi connectivity index (χ4n) is 1.36. The Morgan fingerprint density at radius 2 is 2.06 bits per heavy atom. The van der Waals surface area contributed by atoms with Gasteiger partial charge in [-0.3, -0.25) is 4.79 Å². The molecule has 1 heterocycles. The van der Waals surface area contributed by atoms with Crippen LogP contribution in [-0.4, -0.2) is 35.4 Å². The quantitative estimate of drug-likeness (QED) is 0.573. The van der Waals surface area contributed by atoms with Gasteiger partial charge in [-0.05, 0) is 33.8 Å². The van der Waals surface area contributed by atoms with Gasteiger partial charge in [-0.15, -0.1) is 0 Å². The molecule has 1 fully saturated rings. The van der Waals surface area contributed by atoms with E-state index in [1.54, 1.807) is 39.8 Å². The van der Waals surface area contributed by atoms with Gasteiger partial charge in [0.2, 0.25) is 0 Å².